The third kappa shape index (κ3) is 4.52. The molecule has 0 radical (unpaired) electrons. The van der Waals surface area contributed by atoms with E-state index in [1.54, 1.807) is 36.9 Å². The molecule has 0 aliphatic heterocycles. The summed E-state index contributed by atoms with van der Waals surface area (Å²) in [5, 5.41) is 0.518. The summed E-state index contributed by atoms with van der Waals surface area (Å²) in [6.07, 6.45) is -0.315. The van der Waals surface area contributed by atoms with E-state index in [1.165, 1.54) is 5.56 Å². The molecule has 0 saturated carbocycles. The molecule has 3 rings (SSSR count). The summed E-state index contributed by atoms with van der Waals surface area (Å²) < 4.78 is 5.41. The number of rotatable bonds is 6. The number of aromatic nitrogens is 2. The van der Waals surface area contributed by atoms with E-state index in [0.717, 1.165) is 4.90 Å². The molecule has 1 atom stereocenters. The Balaban J connectivity index is 1.57. The highest BCUT2D eigenvalue weighted by Crippen LogP contribution is 2.20. The number of nitrogens with zero attached hydrogens (tertiary/aromatic N) is 1. The fourth-order valence-corrected chi connectivity index (χ4v) is 3.33. The smallest absolute Gasteiger partial charge is 0.307 e. The molecule has 0 fully saturated rings. The second-order valence-corrected chi connectivity index (χ2v) is 7.18. The van der Waals surface area contributed by atoms with Crippen LogP contribution < -0.4 is 5.56 Å². The number of aryl methyl sites for hydroxylation is 1. The number of thioether (sulfide) groups is 1. The van der Waals surface area contributed by atoms with Crippen molar-refractivity contribution in [1.82, 2.24) is 9.97 Å². The fraction of sp³-hybridized carbons (Fsp3) is 0.250. The van der Waals surface area contributed by atoms with Crippen molar-refractivity contribution in [3.05, 3.63) is 70.3 Å². The standard InChI is InChI=1S/C20H20N2O3S/c1-13-7-9-15(10-8-13)26-12-11-18(23)25-14(2)19-21-17-6-4-3-5-16(17)20(24)22-19/h3-10,14H,11-12H2,1-2H3,(H,21,22,24)/t14-/m1/s1. The molecular formula is C20H20N2O3S. The van der Waals surface area contributed by atoms with Crippen LogP contribution in [0, 0.1) is 6.92 Å². The average Bonchev–Trinajstić information content (AvgIpc) is 2.63. The Morgan fingerprint density at radius 2 is 1.92 bits per heavy atom. The van der Waals surface area contributed by atoms with Gasteiger partial charge in [-0.3, -0.25) is 9.59 Å². The van der Waals surface area contributed by atoms with Gasteiger partial charge in [-0.25, -0.2) is 4.98 Å². The van der Waals surface area contributed by atoms with Crippen molar-refractivity contribution < 1.29 is 9.53 Å². The van der Waals surface area contributed by atoms with E-state index >= 15 is 0 Å². The van der Waals surface area contributed by atoms with Crippen LogP contribution in [-0.4, -0.2) is 21.7 Å². The molecule has 0 aliphatic rings. The molecule has 0 amide bonds. The van der Waals surface area contributed by atoms with Gasteiger partial charge in [0.2, 0.25) is 0 Å². The van der Waals surface area contributed by atoms with Gasteiger partial charge in [0.15, 0.2) is 11.9 Å². The lowest BCUT2D eigenvalue weighted by atomic mass is 10.2. The van der Waals surface area contributed by atoms with Crippen LogP contribution in [0.4, 0.5) is 0 Å². The molecule has 1 N–H and O–H groups in total. The quantitative estimate of drug-likeness (QED) is 0.526. The van der Waals surface area contributed by atoms with Crippen LogP contribution >= 0.6 is 11.8 Å². The number of hydrogen-bond acceptors (Lipinski definition) is 5. The molecule has 6 heteroatoms. The number of hydrogen-bond donors (Lipinski definition) is 1. The van der Waals surface area contributed by atoms with Crippen LogP contribution in [0.1, 0.15) is 30.8 Å². The van der Waals surface area contributed by atoms with Gasteiger partial charge in [-0.2, -0.15) is 0 Å². The largest absolute Gasteiger partial charge is 0.454 e. The summed E-state index contributed by atoms with van der Waals surface area (Å²) in [7, 11) is 0. The number of H-pyrrole nitrogens is 1. The molecule has 5 nitrogen and oxygen atoms in total. The van der Waals surface area contributed by atoms with Crippen LogP contribution in [0.2, 0.25) is 0 Å². The van der Waals surface area contributed by atoms with Crippen LogP contribution in [-0.2, 0) is 9.53 Å². The lowest BCUT2D eigenvalue weighted by Crippen LogP contribution is -2.17. The van der Waals surface area contributed by atoms with E-state index in [9.17, 15) is 9.59 Å². The summed E-state index contributed by atoms with van der Waals surface area (Å²) in [6, 6.07) is 15.3. The molecule has 0 spiro atoms. The second kappa shape index (κ2) is 8.19. The van der Waals surface area contributed by atoms with E-state index in [2.05, 4.69) is 9.97 Å². The third-order valence-electron chi connectivity index (χ3n) is 3.92. The first-order valence-corrected chi connectivity index (χ1v) is 9.39. The predicted octanol–water partition coefficient (Wildman–Crippen LogP) is 4.02. The normalized spacial score (nSPS) is 12.1. The number of aromatic amines is 1. The molecule has 0 bridgehead atoms. The fourth-order valence-electron chi connectivity index (χ4n) is 2.50. The molecular weight excluding hydrogens is 348 g/mol. The molecule has 1 heterocycles. The average molecular weight is 368 g/mol. The number of benzene rings is 2. The van der Waals surface area contributed by atoms with Gasteiger partial charge in [0.25, 0.3) is 5.56 Å². The zero-order chi connectivity index (χ0) is 18.5. The van der Waals surface area contributed by atoms with E-state index in [-0.39, 0.29) is 11.5 Å². The highest BCUT2D eigenvalue weighted by atomic mass is 32.2. The maximum atomic E-state index is 12.1. The maximum absolute atomic E-state index is 12.1. The number of fused-ring (bicyclic) bond motifs is 1. The van der Waals surface area contributed by atoms with Crippen molar-refractivity contribution in [1.29, 1.82) is 0 Å². The molecule has 0 aliphatic carbocycles. The second-order valence-electron chi connectivity index (χ2n) is 6.01. The number of carbonyl (C=O) groups excluding carboxylic acids is 1. The van der Waals surface area contributed by atoms with Gasteiger partial charge in [0.05, 0.1) is 17.3 Å². The number of ether oxygens (including phenoxy) is 1. The van der Waals surface area contributed by atoms with Gasteiger partial charge in [0.1, 0.15) is 0 Å². The van der Waals surface area contributed by atoms with E-state index in [4.69, 9.17) is 4.74 Å². The summed E-state index contributed by atoms with van der Waals surface area (Å²) in [5.74, 6) is 0.678. The Morgan fingerprint density at radius 3 is 2.69 bits per heavy atom. The van der Waals surface area contributed by atoms with Crippen LogP contribution in [0.5, 0.6) is 0 Å². The van der Waals surface area contributed by atoms with E-state index in [1.807, 2.05) is 37.3 Å². The van der Waals surface area contributed by atoms with Crippen LogP contribution in [0.25, 0.3) is 10.9 Å². The lowest BCUT2D eigenvalue weighted by molar-refractivity contribution is -0.148. The number of nitrogens with one attached hydrogen (secondary N) is 1. The van der Waals surface area contributed by atoms with Gasteiger partial charge < -0.3 is 9.72 Å². The first kappa shape index (κ1) is 18.2. The Hall–Kier alpha value is -2.60. The highest BCUT2D eigenvalue weighted by molar-refractivity contribution is 7.99. The number of para-hydroxylation sites is 1. The van der Waals surface area contributed by atoms with Crippen molar-refractivity contribution in [2.45, 2.75) is 31.3 Å². The van der Waals surface area contributed by atoms with Gasteiger partial charge in [-0.1, -0.05) is 29.8 Å². The Morgan fingerprint density at radius 1 is 1.19 bits per heavy atom. The summed E-state index contributed by atoms with van der Waals surface area (Å²) in [6.45, 7) is 3.75. The molecule has 3 aromatic rings. The lowest BCUT2D eigenvalue weighted by Gasteiger charge is -2.13. The third-order valence-corrected chi connectivity index (χ3v) is 4.93. The minimum Gasteiger partial charge on any atom is -0.454 e. The van der Waals surface area contributed by atoms with Gasteiger partial charge >= 0.3 is 5.97 Å². The molecule has 1 aromatic heterocycles. The zero-order valence-electron chi connectivity index (χ0n) is 14.7. The summed E-state index contributed by atoms with van der Waals surface area (Å²) in [4.78, 5) is 32.4. The summed E-state index contributed by atoms with van der Waals surface area (Å²) >= 11 is 1.61. The Bertz CT molecular complexity index is 967. The van der Waals surface area contributed by atoms with Crippen molar-refractivity contribution in [2.24, 2.45) is 0 Å². The van der Waals surface area contributed by atoms with E-state index < -0.39 is 6.10 Å². The predicted molar refractivity (Wildman–Crippen MR) is 103 cm³/mol. The Labute approximate surface area is 155 Å². The molecule has 0 saturated heterocycles. The minimum atomic E-state index is -0.607. The first-order valence-electron chi connectivity index (χ1n) is 8.41. The number of carbonyl (C=O) groups is 1. The topological polar surface area (TPSA) is 72.0 Å². The Kier molecular flexibility index (Phi) is 5.73. The maximum Gasteiger partial charge on any atom is 0.307 e. The van der Waals surface area contributed by atoms with Crippen molar-refractivity contribution in [2.75, 3.05) is 5.75 Å². The SMILES string of the molecule is Cc1ccc(SCCC(=O)O[C@H](C)c2nc3ccccc3c(=O)[nH]2)cc1. The van der Waals surface area contributed by atoms with Crippen molar-refractivity contribution in [3.63, 3.8) is 0 Å². The van der Waals surface area contributed by atoms with Crippen LogP contribution in [0.3, 0.4) is 0 Å². The van der Waals surface area contributed by atoms with Gasteiger partial charge in [-0.15, -0.1) is 11.8 Å². The highest BCUT2D eigenvalue weighted by Gasteiger charge is 2.15. The molecule has 2 aromatic carbocycles. The van der Waals surface area contributed by atoms with Crippen LogP contribution in [0.15, 0.2) is 58.2 Å². The molecule has 0 unspecified atom stereocenters. The van der Waals surface area contributed by atoms with Crippen molar-refractivity contribution >= 4 is 28.6 Å². The minimum absolute atomic E-state index is 0.233. The summed E-state index contributed by atoms with van der Waals surface area (Å²) in [5.41, 5.74) is 1.56. The molecule has 134 valence electrons. The van der Waals surface area contributed by atoms with Gasteiger partial charge in [0, 0.05) is 10.6 Å². The first-order chi connectivity index (χ1) is 12.5. The van der Waals surface area contributed by atoms with Gasteiger partial charge in [-0.05, 0) is 38.1 Å². The monoisotopic (exact) mass is 368 g/mol. The van der Waals surface area contributed by atoms with E-state index in [0.29, 0.717) is 28.9 Å². The number of esters is 1. The zero-order valence-corrected chi connectivity index (χ0v) is 15.5. The molecule has 26 heavy (non-hydrogen) atoms. The van der Waals surface area contributed by atoms with Crippen molar-refractivity contribution in [3.8, 4) is 0 Å².